The van der Waals surface area contributed by atoms with Gasteiger partial charge >= 0.3 is 5.69 Å². The van der Waals surface area contributed by atoms with Gasteiger partial charge in [0.15, 0.2) is 0 Å². The fraction of sp³-hybridized carbons (Fsp3) is 0.500. The maximum atomic E-state index is 12.0. The predicted octanol–water partition coefficient (Wildman–Crippen LogP) is 1.92. The van der Waals surface area contributed by atoms with Crippen molar-refractivity contribution in [2.24, 2.45) is 0 Å². The van der Waals surface area contributed by atoms with Crippen LogP contribution in [0.4, 0.5) is 5.69 Å². The van der Waals surface area contributed by atoms with Crippen LogP contribution < -0.4 is 5.32 Å². The van der Waals surface area contributed by atoms with Crippen molar-refractivity contribution in [2.75, 3.05) is 6.54 Å². The van der Waals surface area contributed by atoms with Gasteiger partial charge in [-0.2, -0.15) is 0 Å². The number of amides is 1. The SMILES string of the molecule is CCCC(C)(O)CNC(=O)c1ccnc(Cl)c1[N+](=O)[O-]. The first-order valence-corrected chi connectivity index (χ1v) is 6.46. The first-order valence-electron chi connectivity index (χ1n) is 6.08. The molecule has 0 bridgehead atoms. The Morgan fingerprint density at radius 1 is 1.65 bits per heavy atom. The molecule has 1 amide bonds. The molecule has 0 aliphatic carbocycles. The van der Waals surface area contributed by atoms with Crippen LogP contribution in [0, 0.1) is 10.1 Å². The average molecular weight is 302 g/mol. The van der Waals surface area contributed by atoms with Crippen LogP contribution >= 0.6 is 11.6 Å². The van der Waals surface area contributed by atoms with Gasteiger partial charge in [-0.3, -0.25) is 14.9 Å². The Labute approximate surface area is 121 Å². The standard InChI is InChI=1S/C12H16ClN3O4/c1-3-5-12(2,18)7-15-11(17)8-4-6-14-10(13)9(8)16(19)20/h4,6,18H,3,5,7H2,1-2H3,(H,15,17). The van der Waals surface area contributed by atoms with E-state index in [0.29, 0.717) is 6.42 Å². The second-order valence-electron chi connectivity index (χ2n) is 4.68. The number of carbonyl (C=O) groups excluding carboxylic acids is 1. The molecule has 1 aromatic heterocycles. The summed E-state index contributed by atoms with van der Waals surface area (Å²) >= 11 is 5.63. The van der Waals surface area contributed by atoms with Gasteiger partial charge in [0.1, 0.15) is 5.56 Å². The summed E-state index contributed by atoms with van der Waals surface area (Å²) in [5, 5.41) is 23.0. The van der Waals surface area contributed by atoms with Crippen molar-refractivity contribution in [1.29, 1.82) is 0 Å². The summed E-state index contributed by atoms with van der Waals surface area (Å²) in [6, 6.07) is 1.22. The summed E-state index contributed by atoms with van der Waals surface area (Å²) in [5.74, 6) is -0.669. The number of carbonyl (C=O) groups is 1. The molecule has 0 saturated heterocycles. The lowest BCUT2D eigenvalue weighted by Crippen LogP contribution is -2.40. The number of aromatic nitrogens is 1. The maximum absolute atomic E-state index is 12.0. The highest BCUT2D eigenvalue weighted by Crippen LogP contribution is 2.25. The van der Waals surface area contributed by atoms with Crippen LogP contribution in [0.25, 0.3) is 0 Å². The van der Waals surface area contributed by atoms with Gasteiger partial charge in [-0.1, -0.05) is 24.9 Å². The molecule has 1 atom stereocenters. The van der Waals surface area contributed by atoms with E-state index in [4.69, 9.17) is 11.6 Å². The molecule has 0 aromatic carbocycles. The van der Waals surface area contributed by atoms with Crippen molar-refractivity contribution in [3.8, 4) is 0 Å². The smallest absolute Gasteiger partial charge is 0.319 e. The van der Waals surface area contributed by atoms with Crippen LogP contribution in [0.2, 0.25) is 5.15 Å². The molecule has 0 aliphatic heterocycles. The van der Waals surface area contributed by atoms with E-state index in [0.717, 1.165) is 6.42 Å². The predicted molar refractivity (Wildman–Crippen MR) is 73.8 cm³/mol. The van der Waals surface area contributed by atoms with E-state index < -0.39 is 22.1 Å². The zero-order valence-corrected chi connectivity index (χ0v) is 12.0. The summed E-state index contributed by atoms with van der Waals surface area (Å²) in [6.07, 6.45) is 2.48. The van der Waals surface area contributed by atoms with E-state index in [1.165, 1.54) is 12.3 Å². The Balaban J connectivity index is 2.89. The van der Waals surface area contributed by atoms with Crippen LogP contribution in [0.5, 0.6) is 0 Å². The minimum absolute atomic E-state index is 0.00320. The minimum atomic E-state index is -1.06. The number of nitrogens with zero attached hydrogens (tertiary/aromatic N) is 2. The Bertz CT molecular complexity index is 519. The van der Waals surface area contributed by atoms with Crippen molar-refractivity contribution >= 4 is 23.2 Å². The first-order chi connectivity index (χ1) is 9.28. The molecule has 1 unspecified atom stereocenters. The fourth-order valence-electron chi connectivity index (χ4n) is 1.78. The molecule has 0 spiro atoms. The molecule has 0 radical (unpaired) electrons. The van der Waals surface area contributed by atoms with E-state index in [-0.39, 0.29) is 17.3 Å². The van der Waals surface area contributed by atoms with E-state index in [1.807, 2.05) is 6.92 Å². The lowest BCUT2D eigenvalue weighted by atomic mass is 10.0. The number of rotatable bonds is 6. The Kier molecular flexibility index (Phi) is 5.41. The molecule has 0 fully saturated rings. The number of hydrogen-bond acceptors (Lipinski definition) is 5. The molecular weight excluding hydrogens is 286 g/mol. The van der Waals surface area contributed by atoms with E-state index in [1.54, 1.807) is 6.92 Å². The van der Waals surface area contributed by atoms with Gasteiger partial charge in [-0.25, -0.2) is 4.98 Å². The third-order valence-corrected chi connectivity index (χ3v) is 3.00. The number of pyridine rings is 1. The van der Waals surface area contributed by atoms with E-state index >= 15 is 0 Å². The van der Waals surface area contributed by atoms with Crippen LogP contribution in [0.1, 0.15) is 37.0 Å². The number of halogens is 1. The zero-order chi connectivity index (χ0) is 15.3. The van der Waals surface area contributed by atoms with Crippen LogP contribution in [-0.4, -0.2) is 33.1 Å². The molecule has 1 rings (SSSR count). The lowest BCUT2D eigenvalue weighted by molar-refractivity contribution is -0.385. The highest BCUT2D eigenvalue weighted by molar-refractivity contribution is 6.32. The van der Waals surface area contributed by atoms with Crippen molar-refractivity contribution in [1.82, 2.24) is 10.3 Å². The van der Waals surface area contributed by atoms with Crippen LogP contribution in [0.15, 0.2) is 12.3 Å². The van der Waals surface area contributed by atoms with Gasteiger partial charge in [0.05, 0.1) is 10.5 Å². The van der Waals surface area contributed by atoms with Crippen LogP contribution in [-0.2, 0) is 0 Å². The number of nitro groups is 1. The molecule has 7 nitrogen and oxygen atoms in total. The van der Waals surface area contributed by atoms with Gasteiger partial charge in [0.25, 0.3) is 5.91 Å². The monoisotopic (exact) mass is 301 g/mol. The Morgan fingerprint density at radius 2 is 2.30 bits per heavy atom. The molecule has 0 aliphatic rings. The molecule has 20 heavy (non-hydrogen) atoms. The fourth-order valence-corrected chi connectivity index (χ4v) is 2.01. The first kappa shape index (κ1) is 16.3. The van der Waals surface area contributed by atoms with Crippen molar-refractivity contribution in [2.45, 2.75) is 32.3 Å². The highest BCUT2D eigenvalue weighted by atomic mass is 35.5. The highest BCUT2D eigenvalue weighted by Gasteiger charge is 2.26. The number of aliphatic hydroxyl groups is 1. The second kappa shape index (κ2) is 6.62. The lowest BCUT2D eigenvalue weighted by Gasteiger charge is -2.22. The molecule has 0 saturated carbocycles. The van der Waals surface area contributed by atoms with Crippen molar-refractivity contribution < 1.29 is 14.8 Å². The molecular formula is C12H16ClN3O4. The van der Waals surface area contributed by atoms with Crippen LogP contribution in [0.3, 0.4) is 0 Å². The molecule has 1 heterocycles. The summed E-state index contributed by atoms with van der Waals surface area (Å²) in [7, 11) is 0. The maximum Gasteiger partial charge on any atom is 0.319 e. The summed E-state index contributed by atoms with van der Waals surface area (Å²) in [6.45, 7) is 3.49. The van der Waals surface area contributed by atoms with E-state index in [9.17, 15) is 20.0 Å². The average Bonchev–Trinajstić information content (AvgIpc) is 2.35. The van der Waals surface area contributed by atoms with Gasteiger partial charge in [-0.15, -0.1) is 0 Å². The molecule has 2 N–H and O–H groups in total. The van der Waals surface area contributed by atoms with Gasteiger partial charge < -0.3 is 10.4 Å². The zero-order valence-electron chi connectivity index (χ0n) is 11.2. The van der Waals surface area contributed by atoms with E-state index in [2.05, 4.69) is 10.3 Å². The Hall–Kier alpha value is -1.73. The van der Waals surface area contributed by atoms with Gasteiger partial charge in [-0.05, 0) is 19.4 Å². The van der Waals surface area contributed by atoms with Crippen molar-refractivity contribution in [3.05, 3.63) is 33.1 Å². The van der Waals surface area contributed by atoms with Crippen molar-refractivity contribution in [3.63, 3.8) is 0 Å². The normalized spacial score (nSPS) is 13.6. The van der Waals surface area contributed by atoms with Gasteiger partial charge in [0, 0.05) is 12.7 Å². The second-order valence-corrected chi connectivity index (χ2v) is 5.04. The quantitative estimate of drug-likeness (QED) is 0.474. The molecule has 8 heteroatoms. The largest absolute Gasteiger partial charge is 0.388 e. The number of hydrogen-bond donors (Lipinski definition) is 2. The third kappa shape index (κ3) is 4.14. The third-order valence-electron chi connectivity index (χ3n) is 2.73. The summed E-state index contributed by atoms with van der Waals surface area (Å²) < 4.78 is 0. The Morgan fingerprint density at radius 3 is 2.85 bits per heavy atom. The summed E-state index contributed by atoms with van der Waals surface area (Å²) in [4.78, 5) is 25.7. The summed E-state index contributed by atoms with van der Waals surface area (Å²) in [5.41, 5.74) is -1.78. The molecule has 110 valence electrons. The molecule has 1 aromatic rings. The number of nitrogens with one attached hydrogen (secondary N) is 1. The topological polar surface area (TPSA) is 105 Å². The van der Waals surface area contributed by atoms with Gasteiger partial charge in [0.2, 0.25) is 5.15 Å². The minimum Gasteiger partial charge on any atom is -0.388 e.